The maximum atomic E-state index is 12.7. The van der Waals surface area contributed by atoms with Crippen molar-refractivity contribution >= 4 is 33.6 Å². The van der Waals surface area contributed by atoms with Gasteiger partial charge in [-0.3, -0.25) is 19.4 Å². The van der Waals surface area contributed by atoms with Crippen molar-refractivity contribution in [2.75, 3.05) is 34.4 Å². The molecule has 3 fully saturated rings. The highest BCUT2D eigenvalue weighted by Gasteiger charge is 2.56. The summed E-state index contributed by atoms with van der Waals surface area (Å²) < 4.78 is 29.8. The molecule has 10 rings (SSSR count). The molecule has 0 N–H and O–H groups in total. The van der Waals surface area contributed by atoms with Gasteiger partial charge in [0.15, 0.2) is 5.78 Å². The molecule has 0 radical (unpaired) electrons. The van der Waals surface area contributed by atoms with Gasteiger partial charge in [0, 0.05) is 90.2 Å². The second-order valence-electron chi connectivity index (χ2n) is 17.6. The third-order valence-corrected chi connectivity index (χ3v) is 15.4. The Labute approximate surface area is 323 Å². The number of carbonyl (C=O) groups is 2. The molecule has 55 heavy (non-hydrogen) atoms. The van der Waals surface area contributed by atoms with E-state index in [4.69, 9.17) is 18.9 Å². The van der Waals surface area contributed by atoms with Crippen molar-refractivity contribution in [2.24, 2.45) is 43.7 Å². The zero-order chi connectivity index (χ0) is 38.2. The van der Waals surface area contributed by atoms with Crippen LogP contribution in [-0.2, 0) is 50.7 Å². The Morgan fingerprint density at radius 3 is 2.20 bits per heavy atom. The summed E-state index contributed by atoms with van der Waals surface area (Å²) in [4.78, 5) is 30.6. The van der Waals surface area contributed by atoms with Crippen LogP contribution in [0.2, 0.25) is 0 Å². The zero-order valence-electron chi connectivity index (χ0n) is 33.4. The van der Waals surface area contributed by atoms with Gasteiger partial charge in [-0.1, -0.05) is 25.1 Å². The van der Waals surface area contributed by atoms with Crippen molar-refractivity contribution in [2.45, 2.75) is 82.8 Å². The first kappa shape index (κ1) is 35.3. The minimum atomic E-state index is -0.644. The predicted molar refractivity (Wildman–Crippen MR) is 210 cm³/mol. The van der Waals surface area contributed by atoms with Crippen molar-refractivity contribution in [1.29, 1.82) is 0 Å². The SMILES string of the molecule is COc1cc2c(cc1C(C)C1C(OC(C)=O)OCC3C1CC1c4c(c5ccccc5n4C)CC3N1C)c1c(n2C)C2CC3C(C(C)=O)=COCC3C(C1)N2C. The van der Waals surface area contributed by atoms with Crippen molar-refractivity contribution in [3.63, 3.8) is 0 Å². The molecule has 0 saturated carbocycles. The van der Waals surface area contributed by atoms with E-state index >= 15 is 0 Å². The summed E-state index contributed by atoms with van der Waals surface area (Å²) in [7, 11) is 10.7. The Morgan fingerprint density at radius 1 is 0.818 bits per heavy atom. The third-order valence-electron chi connectivity index (χ3n) is 15.4. The normalized spacial score (nSPS) is 33.1. The Morgan fingerprint density at radius 2 is 1.49 bits per heavy atom. The molecule has 6 aliphatic heterocycles. The van der Waals surface area contributed by atoms with E-state index in [1.807, 2.05) is 0 Å². The summed E-state index contributed by atoms with van der Waals surface area (Å²) in [5.74, 6) is 1.60. The van der Waals surface area contributed by atoms with Gasteiger partial charge in [-0.15, -0.1) is 0 Å². The molecule has 2 aromatic heterocycles. The van der Waals surface area contributed by atoms with E-state index in [1.165, 1.54) is 45.7 Å². The van der Waals surface area contributed by atoms with Crippen LogP contribution in [0.5, 0.6) is 5.75 Å². The van der Waals surface area contributed by atoms with Gasteiger partial charge >= 0.3 is 5.97 Å². The molecule has 4 bridgehead atoms. The van der Waals surface area contributed by atoms with Gasteiger partial charge in [0.05, 0.1) is 44.2 Å². The Kier molecular flexibility index (Phi) is 8.15. The number of likely N-dealkylation sites (N-methyl/N-ethyl adjacent to an activating group) is 2. The number of aryl methyl sites for hydroxylation is 2. The molecule has 2 aromatic carbocycles. The molecule has 6 aliphatic rings. The number of fused-ring (bicyclic) bond motifs is 16. The quantitative estimate of drug-likeness (QED) is 0.212. The number of allylic oxidation sites excluding steroid dienone is 1. The summed E-state index contributed by atoms with van der Waals surface area (Å²) in [6, 6.07) is 14.5. The molecule has 4 aromatic rings. The summed E-state index contributed by atoms with van der Waals surface area (Å²) in [5.41, 5.74) is 10.0. The highest BCUT2D eigenvalue weighted by molar-refractivity contribution is 5.94. The number of benzene rings is 2. The number of Topliss-reactive ketones (excluding diaryl/α,β-unsaturated/α-hetero) is 1. The number of hydrogen-bond acceptors (Lipinski definition) is 8. The first-order valence-corrected chi connectivity index (χ1v) is 20.3. The summed E-state index contributed by atoms with van der Waals surface area (Å²) >= 11 is 0. The van der Waals surface area contributed by atoms with Gasteiger partial charge in [-0.05, 0) is 93.3 Å². The maximum absolute atomic E-state index is 12.7. The van der Waals surface area contributed by atoms with Gasteiger partial charge in [-0.2, -0.15) is 0 Å². The van der Waals surface area contributed by atoms with Crippen LogP contribution >= 0.6 is 0 Å². The van der Waals surface area contributed by atoms with Crippen molar-refractivity contribution < 1.29 is 28.5 Å². The van der Waals surface area contributed by atoms with Gasteiger partial charge in [-0.25, -0.2) is 0 Å². The van der Waals surface area contributed by atoms with Crippen LogP contribution < -0.4 is 4.74 Å². The number of para-hydroxylation sites is 1. The molecule has 8 heterocycles. The average Bonchev–Trinajstić information content (AvgIpc) is 3.59. The third kappa shape index (κ3) is 4.96. The lowest BCUT2D eigenvalue weighted by Crippen LogP contribution is -2.60. The topological polar surface area (TPSA) is 87.4 Å². The van der Waals surface area contributed by atoms with Gasteiger partial charge < -0.3 is 28.1 Å². The van der Waals surface area contributed by atoms with Crippen LogP contribution in [0, 0.1) is 29.6 Å². The smallest absolute Gasteiger partial charge is 0.304 e. The molecule has 290 valence electrons. The van der Waals surface area contributed by atoms with E-state index in [9.17, 15) is 9.59 Å². The molecule has 0 amide bonds. The number of rotatable bonds is 5. The lowest BCUT2D eigenvalue weighted by atomic mass is 9.62. The van der Waals surface area contributed by atoms with E-state index in [0.29, 0.717) is 25.2 Å². The number of hydrogen-bond donors (Lipinski definition) is 0. The summed E-state index contributed by atoms with van der Waals surface area (Å²) in [6.45, 7) is 6.67. The molecule has 0 aliphatic carbocycles. The number of aromatic nitrogens is 2. The second kappa shape index (κ2) is 12.7. The van der Waals surface area contributed by atoms with Gasteiger partial charge in [0.25, 0.3) is 0 Å². The highest BCUT2D eigenvalue weighted by Crippen LogP contribution is 2.57. The molecular formula is C45H54N4O6. The number of ether oxygens (including phenoxy) is 4. The number of nitrogens with zero attached hydrogens (tertiary/aromatic N) is 4. The Hall–Kier alpha value is -4.12. The number of ketones is 1. The average molecular weight is 747 g/mol. The lowest BCUT2D eigenvalue weighted by molar-refractivity contribution is -0.241. The molecule has 10 nitrogen and oxygen atoms in total. The Balaban J connectivity index is 1.07. The molecule has 11 atom stereocenters. The molecule has 3 saturated heterocycles. The fourth-order valence-electron chi connectivity index (χ4n) is 12.8. The number of piperidine rings is 2. The minimum absolute atomic E-state index is 0.0198. The molecule has 11 unspecified atom stereocenters. The van der Waals surface area contributed by atoms with Crippen molar-refractivity contribution in [3.05, 3.63) is 76.3 Å². The van der Waals surface area contributed by atoms with Crippen LogP contribution in [0.15, 0.2) is 48.2 Å². The number of carbonyl (C=O) groups excluding carboxylic acids is 2. The van der Waals surface area contributed by atoms with E-state index in [1.54, 1.807) is 20.3 Å². The van der Waals surface area contributed by atoms with Gasteiger partial charge in [0.2, 0.25) is 6.29 Å². The van der Waals surface area contributed by atoms with E-state index < -0.39 is 6.29 Å². The molecule has 0 spiro atoms. The van der Waals surface area contributed by atoms with Gasteiger partial charge in [0.1, 0.15) is 5.75 Å². The van der Waals surface area contributed by atoms with Crippen molar-refractivity contribution in [3.8, 4) is 5.75 Å². The van der Waals surface area contributed by atoms with Crippen molar-refractivity contribution in [1.82, 2.24) is 18.9 Å². The van der Waals surface area contributed by atoms with E-state index in [0.717, 1.165) is 48.1 Å². The molecular weight excluding hydrogens is 693 g/mol. The first-order valence-electron chi connectivity index (χ1n) is 20.3. The van der Waals surface area contributed by atoms with Crippen LogP contribution in [0.1, 0.15) is 79.7 Å². The fourth-order valence-corrected chi connectivity index (χ4v) is 12.8. The monoisotopic (exact) mass is 746 g/mol. The number of esters is 1. The lowest BCUT2D eigenvalue weighted by Gasteiger charge is -2.57. The van der Waals surface area contributed by atoms with Crippen LogP contribution in [0.25, 0.3) is 21.8 Å². The van der Waals surface area contributed by atoms with Crippen LogP contribution in [-0.4, -0.2) is 83.5 Å². The first-order chi connectivity index (χ1) is 26.5. The zero-order valence-corrected chi connectivity index (χ0v) is 33.4. The largest absolute Gasteiger partial charge is 0.500 e. The maximum Gasteiger partial charge on any atom is 0.304 e. The Bertz CT molecular complexity index is 2290. The highest BCUT2D eigenvalue weighted by atomic mass is 16.7. The van der Waals surface area contributed by atoms with E-state index in [-0.39, 0.29) is 59.5 Å². The minimum Gasteiger partial charge on any atom is -0.500 e. The fraction of sp³-hybridized carbons (Fsp3) is 0.556. The second-order valence-corrected chi connectivity index (χ2v) is 17.6. The summed E-state index contributed by atoms with van der Waals surface area (Å²) in [5, 5.41) is 2.63. The van der Waals surface area contributed by atoms with Crippen LogP contribution in [0.4, 0.5) is 0 Å². The standard InChI is InChI=1S/C45H54N4O6/c1-22(42-29-15-40-43-30(25-11-9-10-12-35(25)48(43)6)16-37(47(40)5)34(29)21-54-45(42)55-24(3)51)26-13-28-31-17-36-33-20-53-19-32(23(2)50)27(33)14-39(46(36)4)44(31)49(7)38(28)18-41(26)52-8/h9-13,18-19,22,27,29,33-34,36-37,39-40,42,45H,14-17,20-21H2,1-8H3. The van der Waals surface area contributed by atoms with Crippen LogP contribution in [0.3, 0.4) is 0 Å². The predicted octanol–water partition coefficient (Wildman–Crippen LogP) is 6.59. The molecule has 10 heteroatoms. The summed E-state index contributed by atoms with van der Waals surface area (Å²) in [6.07, 6.45) is 4.82. The van der Waals surface area contributed by atoms with E-state index in [2.05, 4.69) is 90.4 Å². The number of methoxy groups -OCH3 is 1.